The van der Waals surface area contributed by atoms with Crippen LogP contribution in [0, 0.1) is 11.6 Å². The molecule has 0 N–H and O–H groups in total. The fourth-order valence-corrected chi connectivity index (χ4v) is 4.28. The third-order valence-corrected chi connectivity index (χ3v) is 6.44. The largest absolute Gasteiger partial charge is 0.423 e. The van der Waals surface area contributed by atoms with E-state index >= 15 is 0 Å². The lowest BCUT2D eigenvalue weighted by Gasteiger charge is -2.14. The van der Waals surface area contributed by atoms with Gasteiger partial charge < -0.3 is 4.74 Å². The average Bonchev–Trinajstić information content (AvgIpc) is 2.92. The average molecular weight is 497 g/mol. The van der Waals surface area contributed by atoms with Gasteiger partial charge in [-0.2, -0.15) is 0 Å². The fraction of sp³-hybridized carbons (Fsp3) is 0.182. The van der Waals surface area contributed by atoms with Crippen LogP contribution in [0.3, 0.4) is 0 Å². The summed E-state index contributed by atoms with van der Waals surface area (Å²) >= 11 is 0. The number of carbonyl (C=O) groups excluding carboxylic acids is 1. The molecule has 0 heterocycles. The number of carbonyl (C=O) groups is 1. The quantitative estimate of drug-likeness (QED) is 0.132. The van der Waals surface area contributed by atoms with Gasteiger partial charge in [-0.15, -0.1) is 0 Å². The maximum atomic E-state index is 14.9. The van der Waals surface area contributed by atoms with Gasteiger partial charge in [0.1, 0.15) is 17.4 Å². The van der Waals surface area contributed by atoms with Gasteiger partial charge in [0, 0.05) is 5.56 Å². The van der Waals surface area contributed by atoms with E-state index in [9.17, 15) is 13.6 Å². The van der Waals surface area contributed by atoms with Crippen molar-refractivity contribution in [2.75, 3.05) is 0 Å². The minimum atomic E-state index is -0.574. The molecule has 188 valence electrons. The number of ether oxygens (including phenoxy) is 1. The number of allylic oxidation sites excluding steroid dienone is 2. The van der Waals surface area contributed by atoms with Crippen molar-refractivity contribution < 1.29 is 18.3 Å². The zero-order valence-corrected chi connectivity index (χ0v) is 21.1. The Labute approximate surface area is 217 Å². The molecule has 37 heavy (non-hydrogen) atoms. The SMILES string of the molecule is C/C=C/CCc1ccc(OC(=O)c2ccc(-c3cc(F)c(C[C@H](C)c4ccccc4)c(F)c3)cc2)cc1. The zero-order chi connectivity index (χ0) is 26.2. The third kappa shape index (κ3) is 6.79. The Bertz CT molecular complexity index is 1340. The molecule has 0 radical (unpaired) electrons. The van der Waals surface area contributed by atoms with Crippen molar-refractivity contribution in [2.24, 2.45) is 0 Å². The van der Waals surface area contributed by atoms with Gasteiger partial charge in [-0.25, -0.2) is 13.6 Å². The van der Waals surface area contributed by atoms with Crippen LogP contribution in [0.15, 0.2) is 103 Å². The van der Waals surface area contributed by atoms with Gasteiger partial charge in [-0.05, 0) is 90.8 Å². The normalized spacial score (nSPS) is 12.0. The minimum absolute atomic E-state index is 0.0178. The van der Waals surface area contributed by atoms with Crippen molar-refractivity contribution in [3.63, 3.8) is 0 Å². The van der Waals surface area contributed by atoms with Gasteiger partial charge in [0.2, 0.25) is 0 Å². The summed E-state index contributed by atoms with van der Waals surface area (Å²) in [7, 11) is 0. The summed E-state index contributed by atoms with van der Waals surface area (Å²) in [4.78, 5) is 12.6. The van der Waals surface area contributed by atoms with Gasteiger partial charge >= 0.3 is 5.97 Å². The highest BCUT2D eigenvalue weighted by molar-refractivity contribution is 5.91. The summed E-state index contributed by atoms with van der Waals surface area (Å²) in [5.41, 5.74) is 3.67. The van der Waals surface area contributed by atoms with E-state index in [1.807, 2.05) is 62.4 Å². The van der Waals surface area contributed by atoms with Crippen LogP contribution in [0.2, 0.25) is 0 Å². The van der Waals surface area contributed by atoms with Crippen LogP contribution in [-0.2, 0) is 12.8 Å². The highest BCUT2D eigenvalue weighted by atomic mass is 19.1. The van der Waals surface area contributed by atoms with Crippen molar-refractivity contribution in [1.29, 1.82) is 0 Å². The predicted octanol–water partition coefficient (Wildman–Crippen LogP) is 8.71. The number of hydrogen-bond acceptors (Lipinski definition) is 2. The maximum Gasteiger partial charge on any atom is 0.343 e. The second-order valence-electron chi connectivity index (χ2n) is 9.15. The lowest BCUT2D eigenvalue weighted by molar-refractivity contribution is 0.0734. The summed E-state index contributed by atoms with van der Waals surface area (Å²) in [5.74, 6) is -1.19. The zero-order valence-electron chi connectivity index (χ0n) is 21.1. The Balaban J connectivity index is 1.42. The molecular formula is C33H30F2O2. The Morgan fingerprint density at radius 1 is 0.865 bits per heavy atom. The lowest BCUT2D eigenvalue weighted by atomic mass is 9.92. The van der Waals surface area contributed by atoms with Crippen LogP contribution in [0.25, 0.3) is 11.1 Å². The van der Waals surface area contributed by atoms with Gasteiger partial charge in [-0.1, -0.05) is 73.7 Å². The van der Waals surface area contributed by atoms with E-state index in [0.717, 1.165) is 18.4 Å². The molecule has 0 fully saturated rings. The summed E-state index contributed by atoms with van der Waals surface area (Å²) in [6, 6.07) is 26.4. The van der Waals surface area contributed by atoms with Crippen LogP contribution in [-0.4, -0.2) is 5.97 Å². The highest BCUT2D eigenvalue weighted by Crippen LogP contribution is 2.29. The van der Waals surface area contributed by atoms with Crippen molar-refractivity contribution >= 4 is 5.97 Å². The topological polar surface area (TPSA) is 26.3 Å². The smallest absolute Gasteiger partial charge is 0.343 e. The van der Waals surface area contributed by atoms with E-state index in [1.54, 1.807) is 36.4 Å². The molecule has 0 aliphatic heterocycles. The fourth-order valence-electron chi connectivity index (χ4n) is 4.28. The molecule has 4 heteroatoms. The summed E-state index contributed by atoms with van der Waals surface area (Å²) < 4.78 is 35.3. The Kier molecular flexibility index (Phi) is 8.63. The molecule has 4 aromatic rings. The van der Waals surface area contributed by atoms with Gasteiger partial charge in [0.05, 0.1) is 5.56 Å². The molecule has 4 aromatic carbocycles. The van der Waals surface area contributed by atoms with E-state index < -0.39 is 17.6 Å². The van der Waals surface area contributed by atoms with Crippen molar-refractivity contribution in [2.45, 2.75) is 39.0 Å². The van der Waals surface area contributed by atoms with Crippen LogP contribution in [0.1, 0.15) is 53.2 Å². The Morgan fingerprint density at radius 2 is 1.51 bits per heavy atom. The number of hydrogen-bond donors (Lipinski definition) is 0. The van der Waals surface area contributed by atoms with Crippen LogP contribution < -0.4 is 4.74 Å². The van der Waals surface area contributed by atoms with Crippen molar-refractivity contribution in [1.82, 2.24) is 0 Å². The molecule has 0 aromatic heterocycles. The third-order valence-electron chi connectivity index (χ3n) is 6.44. The molecule has 0 spiro atoms. The number of benzene rings is 4. The van der Waals surface area contributed by atoms with Crippen LogP contribution in [0.4, 0.5) is 8.78 Å². The summed E-state index contributed by atoms with van der Waals surface area (Å²) in [6.07, 6.45) is 6.29. The first-order valence-electron chi connectivity index (χ1n) is 12.5. The minimum Gasteiger partial charge on any atom is -0.423 e. The molecule has 0 amide bonds. The predicted molar refractivity (Wildman–Crippen MR) is 145 cm³/mol. The van der Waals surface area contributed by atoms with Crippen LogP contribution >= 0.6 is 0 Å². The number of rotatable bonds is 9. The lowest BCUT2D eigenvalue weighted by Crippen LogP contribution is -2.08. The van der Waals surface area contributed by atoms with Gasteiger partial charge in [0.25, 0.3) is 0 Å². The number of halogens is 2. The molecule has 0 saturated heterocycles. The van der Waals surface area contributed by atoms with E-state index in [4.69, 9.17) is 4.74 Å². The molecule has 0 bridgehead atoms. The second kappa shape index (κ2) is 12.3. The van der Waals surface area contributed by atoms with Crippen LogP contribution in [0.5, 0.6) is 5.75 Å². The van der Waals surface area contributed by atoms with Crippen molar-refractivity contribution in [3.05, 3.63) is 137 Å². The van der Waals surface area contributed by atoms with E-state index in [-0.39, 0.29) is 17.9 Å². The first-order valence-corrected chi connectivity index (χ1v) is 12.5. The van der Waals surface area contributed by atoms with Gasteiger partial charge in [-0.3, -0.25) is 0 Å². The molecule has 1 atom stereocenters. The molecule has 2 nitrogen and oxygen atoms in total. The first kappa shape index (κ1) is 26.0. The van der Waals surface area contributed by atoms with Gasteiger partial charge in [0.15, 0.2) is 0 Å². The molecular weight excluding hydrogens is 466 g/mol. The standard InChI is InChI=1S/C33H30F2O2/c1-3-4-6-9-24-12-18-29(19-13-24)37-33(36)27-16-14-26(15-17-27)28-21-31(34)30(32(35)22-28)20-23(2)25-10-7-5-8-11-25/h3-5,7-8,10-19,21-23H,6,9,20H2,1-2H3/b4-3+/t23-/m0/s1. The summed E-state index contributed by atoms with van der Waals surface area (Å²) in [5, 5.41) is 0. The Morgan fingerprint density at radius 3 is 2.14 bits per heavy atom. The molecule has 0 saturated carbocycles. The highest BCUT2D eigenvalue weighted by Gasteiger charge is 2.17. The molecule has 0 aliphatic carbocycles. The van der Waals surface area contributed by atoms with Crippen molar-refractivity contribution in [3.8, 4) is 16.9 Å². The van der Waals surface area contributed by atoms with E-state index in [0.29, 0.717) is 22.4 Å². The monoisotopic (exact) mass is 496 g/mol. The summed E-state index contributed by atoms with van der Waals surface area (Å²) in [6.45, 7) is 3.95. The number of aryl methyl sites for hydroxylation is 1. The Hall–Kier alpha value is -4.05. The second-order valence-corrected chi connectivity index (χ2v) is 9.15. The van der Waals surface area contributed by atoms with E-state index in [1.165, 1.54) is 17.7 Å². The molecule has 0 unspecified atom stereocenters. The molecule has 4 rings (SSSR count). The van der Waals surface area contributed by atoms with E-state index in [2.05, 4.69) is 6.08 Å². The molecule has 0 aliphatic rings. The maximum absolute atomic E-state index is 14.9. The first-order chi connectivity index (χ1) is 17.9. The number of esters is 1.